The Morgan fingerprint density at radius 3 is 2.31 bits per heavy atom. The zero-order valence-corrected chi connectivity index (χ0v) is 23.2. The number of fused-ring (bicyclic) bond motifs is 1. The third-order valence-electron chi connectivity index (χ3n) is 7.68. The number of piperazine rings is 1. The monoisotopic (exact) mass is 531 g/mol. The summed E-state index contributed by atoms with van der Waals surface area (Å²) in [7, 11) is 4.01. The summed E-state index contributed by atoms with van der Waals surface area (Å²) in [4.78, 5) is 41.8. The lowest BCUT2D eigenvalue weighted by molar-refractivity contribution is 0.0793. The van der Waals surface area contributed by atoms with E-state index >= 15 is 0 Å². The molecule has 0 unspecified atom stereocenters. The molecule has 0 atom stereocenters. The number of rotatable bonds is 4. The topological polar surface area (TPSA) is 108 Å². The molecule has 206 valence electrons. The molecular weight excluding hydrogens is 494 g/mol. The van der Waals surface area contributed by atoms with Crippen LogP contribution in [0.25, 0.3) is 22.6 Å². The van der Waals surface area contributed by atoms with Gasteiger partial charge < -0.3 is 24.3 Å². The maximum absolute atomic E-state index is 12.3. The number of hydrogen-bond donors (Lipinski definition) is 1. The van der Waals surface area contributed by atoms with Crippen LogP contribution in [0, 0.1) is 6.92 Å². The highest BCUT2D eigenvalue weighted by molar-refractivity contribution is 5.94. The van der Waals surface area contributed by atoms with Crippen molar-refractivity contribution in [2.24, 2.45) is 7.05 Å². The maximum atomic E-state index is 12.3. The minimum atomic E-state index is -0.229. The van der Waals surface area contributed by atoms with Crippen LogP contribution in [0.4, 0.5) is 5.69 Å². The van der Waals surface area contributed by atoms with Crippen molar-refractivity contribution < 1.29 is 4.79 Å². The molecule has 2 aliphatic heterocycles. The second-order valence-corrected chi connectivity index (χ2v) is 10.2. The van der Waals surface area contributed by atoms with Crippen LogP contribution in [0.5, 0.6) is 0 Å². The maximum Gasteiger partial charge on any atom is 0.278 e. The average molecular weight is 532 g/mol. The number of benzene rings is 1. The van der Waals surface area contributed by atoms with E-state index < -0.39 is 0 Å². The van der Waals surface area contributed by atoms with Gasteiger partial charge in [0.1, 0.15) is 5.82 Å². The fourth-order valence-electron chi connectivity index (χ4n) is 5.22. The molecule has 1 amide bonds. The van der Waals surface area contributed by atoms with Crippen LogP contribution in [0.3, 0.4) is 0 Å². The van der Waals surface area contributed by atoms with Gasteiger partial charge in [-0.2, -0.15) is 5.10 Å². The van der Waals surface area contributed by atoms with Crippen LogP contribution in [-0.2, 0) is 13.6 Å². The fourth-order valence-corrected chi connectivity index (χ4v) is 5.22. The first-order valence-electron chi connectivity index (χ1n) is 13.6. The molecule has 0 spiro atoms. The minimum absolute atomic E-state index is 0.187. The number of aryl methyl sites for hydroxylation is 2. The fraction of sp³-hybridized carbons (Fsp3) is 0.464. The first-order chi connectivity index (χ1) is 18.9. The summed E-state index contributed by atoms with van der Waals surface area (Å²) in [5, 5.41) is 4.30. The van der Waals surface area contributed by atoms with Crippen molar-refractivity contribution >= 4 is 22.8 Å². The zero-order chi connectivity index (χ0) is 27.5. The molecule has 1 N–H and O–H groups in total. The molecule has 2 fully saturated rings. The summed E-state index contributed by atoms with van der Waals surface area (Å²) in [5.74, 6) is 0.892. The molecule has 0 radical (unpaired) electrons. The number of amides is 1. The van der Waals surface area contributed by atoms with Gasteiger partial charge in [0.15, 0.2) is 11.2 Å². The van der Waals surface area contributed by atoms with Gasteiger partial charge in [0.25, 0.3) is 11.5 Å². The van der Waals surface area contributed by atoms with Gasteiger partial charge in [-0.25, -0.2) is 9.97 Å². The van der Waals surface area contributed by atoms with Crippen molar-refractivity contribution in [3.05, 3.63) is 58.4 Å². The summed E-state index contributed by atoms with van der Waals surface area (Å²) in [6.45, 7) is 11.0. The molecule has 3 aromatic heterocycles. The van der Waals surface area contributed by atoms with E-state index in [1.807, 2.05) is 47.2 Å². The molecule has 6 rings (SSSR count). The number of imidazole rings is 1. The Bertz CT molecular complexity index is 1490. The smallest absolute Gasteiger partial charge is 0.278 e. The third-order valence-corrected chi connectivity index (χ3v) is 7.68. The molecule has 0 bridgehead atoms. The first kappa shape index (κ1) is 26.6. The molecule has 11 nitrogen and oxygen atoms in total. The highest BCUT2D eigenvalue weighted by Crippen LogP contribution is 2.24. The van der Waals surface area contributed by atoms with Crippen molar-refractivity contribution in [3.8, 4) is 11.4 Å². The van der Waals surface area contributed by atoms with Crippen LogP contribution >= 0.6 is 0 Å². The average Bonchev–Trinajstić information content (AvgIpc) is 3.70. The standard InChI is InChI=1S/C16H23N3O.C12H14N6O/c1-17-10-12-18(13-11-17)15-6-4-14(5-7-15)16(20)19-8-2-3-9-19;1-4-18-7(2)8(5-15-18)10-16-9-11(17(10)3)13-6-14-12(9)19/h4-7H,2-3,8-13H2,1H3;5-6H,4H2,1-3H3,(H,13,14,19). The normalized spacial score (nSPS) is 16.0. The SMILES string of the molecule is CCn1ncc(-c2nc3c(=O)[nH]cnc3n2C)c1C.CN1CCN(c2ccc(C(=O)N3CCCC3)cc2)CC1. The van der Waals surface area contributed by atoms with E-state index in [9.17, 15) is 9.59 Å². The van der Waals surface area contributed by atoms with Gasteiger partial charge in [-0.15, -0.1) is 0 Å². The number of H-pyrrole nitrogens is 1. The second kappa shape index (κ2) is 11.4. The molecular formula is C28H37N9O2. The quantitative estimate of drug-likeness (QED) is 0.431. The lowest BCUT2D eigenvalue weighted by Gasteiger charge is -2.34. The Kier molecular flexibility index (Phi) is 7.78. The number of likely N-dealkylation sites (N-methyl/N-ethyl adjacent to an activating group) is 1. The minimum Gasteiger partial charge on any atom is -0.369 e. The van der Waals surface area contributed by atoms with E-state index in [0.29, 0.717) is 17.0 Å². The zero-order valence-electron chi connectivity index (χ0n) is 23.2. The largest absolute Gasteiger partial charge is 0.369 e. The van der Waals surface area contributed by atoms with Crippen LogP contribution in [0.2, 0.25) is 0 Å². The number of carbonyl (C=O) groups is 1. The van der Waals surface area contributed by atoms with E-state index in [2.05, 4.69) is 49.0 Å². The second-order valence-electron chi connectivity index (χ2n) is 10.2. The predicted molar refractivity (Wildman–Crippen MR) is 152 cm³/mol. The van der Waals surface area contributed by atoms with Gasteiger partial charge in [0.05, 0.1) is 18.1 Å². The Morgan fingerprint density at radius 2 is 1.69 bits per heavy atom. The summed E-state index contributed by atoms with van der Waals surface area (Å²) in [5.41, 5.74) is 4.69. The number of hydrogen-bond acceptors (Lipinski definition) is 7. The van der Waals surface area contributed by atoms with Crippen molar-refractivity contribution in [1.82, 2.24) is 39.1 Å². The van der Waals surface area contributed by atoms with Crippen molar-refractivity contribution in [3.63, 3.8) is 0 Å². The molecule has 2 saturated heterocycles. The van der Waals surface area contributed by atoms with Gasteiger partial charge in [0, 0.05) is 69.8 Å². The highest BCUT2D eigenvalue weighted by Gasteiger charge is 2.20. The van der Waals surface area contributed by atoms with Gasteiger partial charge in [-0.1, -0.05) is 0 Å². The van der Waals surface area contributed by atoms with Gasteiger partial charge in [0.2, 0.25) is 0 Å². The van der Waals surface area contributed by atoms with E-state index in [1.54, 1.807) is 6.20 Å². The molecule has 5 heterocycles. The van der Waals surface area contributed by atoms with Crippen LogP contribution in [0.15, 0.2) is 41.6 Å². The first-order valence-corrected chi connectivity index (χ1v) is 13.6. The summed E-state index contributed by atoms with van der Waals surface area (Å²) in [6, 6.07) is 8.14. The van der Waals surface area contributed by atoms with Gasteiger partial charge in [-0.3, -0.25) is 14.3 Å². The molecule has 0 aliphatic carbocycles. The number of likely N-dealkylation sites (tertiary alicyclic amines) is 1. The number of carbonyl (C=O) groups excluding carboxylic acids is 1. The Balaban J connectivity index is 0.000000158. The Hall–Kier alpha value is -3.99. The molecule has 39 heavy (non-hydrogen) atoms. The molecule has 4 aromatic rings. The summed E-state index contributed by atoms with van der Waals surface area (Å²) < 4.78 is 3.71. The van der Waals surface area contributed by atoms with E-state index in [0.717, 1.165) is 75.5 Å². The number of nitrogens with one attached hydrogen (secondary N) is 1. The van der Waals surface area contributed by atoms with Crippen molar-refractivity contribution in [2.75, 3.05) is 51.2 Å². The number of anilines is 1. The van der Waals surface area contributed by atoms with Crippen LogP contribution in [-0.4, -0.2) is 91.3 Å². The van der Waals surface area contributed by atoms with E-state index in [-0.39, 0.29) is 11.5 Å². The summed E-state index contributed by atoms with van der Waals surface area (Å²) >= 11 is 0. The molecule has 1 aromatic carbocycles. The summed E-state index contributed by atoms with van der Waals surface area (Å²) in [6.07, 6.45) is 5.45. The van der Waals surface area contributed by atoms with E-state index in [4.69, 9.17) is 0 Å². The molecule has 11 heteroatoms. The van der Waals surface area contributed by atoms with Crippen molar-refractivity contribution in [1.29, 1.82) is 0 Å². The van der Waals surface area contributed by atoms with E-state index in [1.165, 1.54) is 12.0 Å². The Morgan fingerprint density at radius 1 is 1.00 bits per heavy atom. The number of aromatic amines is 1. The molecule has 0 saturated carbocycles. The van der Waals surface area contributed by atoms with Crippen LogP contribution < -0.4 is 10.5 Å². The number of aromatic nitrogens is 6. The predicted octanol–water partition coefficient (Wildman–Crippen LogP) is 2.52. The lowest BCUT2D eigenvalue weighted by atomic mass is 10.1. The van der Waals surface area contributed by atoms with Crippen molar-refractivity contribution in [2.45, 2.75) is 33.2 Å². The lowest BCUT2D eigenvalue weighted by Crippen LogP contribution is -2.44. The number of nitrogens with zero attached hydrogens (tertiary/aromatic N) is 8. The van der Waals surface area contributed by atoms with Gasteiger partial charge in [-0.05, 0) is 58.0 Å². The third kappa shape index (κ3) is 5.44. The van der Waals surface area contributed by atoms with Gasteiger partial charge >= 0.3 is 0 Å². The highest BCUT2D eigenvalue weighted by atomic mass is 16.2. The Labute approximate surface area is 228 Å². The van der Waals surface area contributed by atoms with Crippen LogP contribution in [0.1, 0.15) is 35.8 Å². The molecule has 2 aliphatic rings.